The molecule has 100 valence electrons. The highest BCUT2D eigenvalue weighted by molar-refractivity contribution is 6.42. The smallest absolute Gasteiger partial charge is 0.224 e. The maximum atomic E-state index is 11.8. The van der Waals surface area contributed by atoms with E-state index in [1.807, 2.05) is 13.8 Å². The Kier molecular flexibility index (Phi) is 5.93. The van der Waals surface area contributed by atoms with Gasteiger partial charge < -0.3 is 10.4 Å². The number of amides is 1. The summed E-state index contributed by atoms with van der Waals surface area (Å²) in [5, 5.41) is 12.7. The minimum Gasteiger partial charge on any atom is -0.396 e. The zero-order chi connectivity index (χ0) is 13.7. The largest absolute Gasteiger partial charge is 0.396 e. The van der Waals surface area contributed by atoms with Gasteiger partial charge in [0, 0.05) is 12.6 Å². The number of benzene rings is 1. The van der Waals surface area contributed by atoms with Gasteiger partial charge in [0.2, 0.25) is 5.91 Å². The minimum absolute atomic E-state index is 0.0303. The molecule has 0 heterocycles. The SMILES string of the molecule is CC(CO)C(C)NC(=O)Cc1ccc(Cl)c(Cl)c1. The van der Waals surface area contributed by atoms with E-state index in [2.05, 4.69) is 5.32 Å². The van der Waals surface area contributed by atoms with Crippen molar-refractivity contribution in [2.24, 2.45) is 5.92 Å². The van der Waals surface area contributed by atoms with Gasteiger partial charge in [0.15, 0.2) is 0 Å². The Labute approximate surface area is 117 Å². The van der Waals surface area contributed by atoms with Crippen LogP contribution in [0.5, 0.6) is 0 Å². The molecule has 1 rings (SSSR count). The van der Waals surface area contributed by atoms with Gasteiger partial charge in [-0.1, -0.05) is 36.2 Å². The zero-order valence-corrected chi connectivity index (χ0v) is 11.9. The second-order valence-electron chi connectivity index (χ2n) is 4.44. The Hall–Kier alpha value is -0.770. The van der Waals surface area contributed by atoms with Crippen LogP contribution in [0.25, 0.3) is 0 Å². The molecule has 0 aliphatic heterocycles. The molecule has 0 aromatic heterocycles. The lowest BCUT2D eigenvalue weighted by Gasteiger charge is -2.19. The number of rotatable bonds is 5. The minimum atomic E-state index is -0.0961. The number of carbonyl (C=O) groups excluding carboxylic acids is 1. The van der Waals surface area contributed by atoms with Gasteiger partial charge in [0.25, 0.3) is 0 Å². The summed E-state index contributed by atoms with van der Waals surface area (Å²) < 4.78 is 0. The van der Waals surface area contributed by atoms with Crippen molar-refractivity contribution in [2.45, 2.75) is 26.3 Å². The highest BCUT2D eigenvalue weighted by atomic mass is 35.5. The van der Waals surface area contributed by atoms with Crippen LogP contribution in [-0.4, -0.2) is 23.7 Å². The molecular weight excluding hydrogens is 273 g/mol. The average Bonchev–Trinajstić information content (AvgIpc) is 2.32. The van der Waals surface area contributed by atoms with Crippen LogP contribution in [0.3, 0.4) is 0 Å². The first kappa shape index (κ1) is 15.3. The van der Waals surface area contributed by atoms with Crippen molar-refractivity contribution in [3.63, 3.8) is 0 Å². The van der Waals surface area contributed by atoms with Crippen molar-refractivity contribution in [2.75, 3.05) is 6.61 Å². The second-order valence-corrected chi connectivity index (χ2v) is 5.26. The first-order valence-corrected chi connectivity index (χ1v) is 6.53. The van der Waals surface area contributed by atoms with Crippen LogP contribution < -0.4 is 5.32 Å². The van der Waals surface area contributed by atoms with E-state index in [9.17, 15) is 4.79 Å². The Balaban J connectivity index is 2.57. The Morgan fingerprint density at radius 1 is 1.33 bits per heavy atom. The van der Waals surface area contributed by atoms with Gasteiger partial charge in [-0.3, -0.25) is 4.79 Å². The van der Waals surface area contributed by atoms with Crippen molar-refractivity contribution in [3.8, 4) is 0 Å². The fraction of sp³-hybridized carbons (Fsp3) is 0.462. The Bertz CT molecular complexity index is 423. The molecule has 1 amide bonds. The van der Waals surface area contributed by atoms with Crippen molar-refractivity contribution >= 4 is 29.1 Å². The fourth-order valence-electron chi connectivity index (χ4n) is 1.44. The molecule has 0 spiro atoms. The summed E-state index contributed by atoms with van der Waals surface area (Å²) in [6.45, 7) is 3.80. The Morgan fingerprint density at radius 3 is 2.56 bits per heavy atom. The van der Waals surface area contributed by atoms with E-state index in [-0.39, 0.29) is 30.9 Å². The molecule has 0 radical (unpaired) electrons. The van der Waals surface area contributed by atoms with Crippen LogP contribution in [0.4, 0.5) is 0 Å². The normalized spacial score (nSPS) is 14.1. The van der Waals surface area contributed by atoms with Gasteiger partial charge in [-0.25, -0.2) is 0 Å². The molecule has 2 atom stereocenters. The van der Waals surface area contributed by atoms with Crippen molar-refractivity contribution < 1.29 is 9.90 Å². The highest BCUT2D eigenvalue weighted by Gasteiger charge is 2.14. The molecule has 1 aromatic rings. The molecule has 3 nitrogen and oxygen atoms in total. The van der Waals surface area contributed by atoms with E-state index in [1.54, 1.807) is 18.2 Å². The van der Waals surface area contributed by atoms with Crippen molar-refractivity contribution in [3.05, 3.63) is 33.8 Å². The third-order valence-corrected chi connectivity index (χ3v) is 3.62. The number of carbonyl (C=O) groups is 1. The highest BCUT2D eigenvalue weighted by Crippen LogP contribution is 2.22. The average molecular weight is 290 g/mol. The van der Waals surface area contributed by atoms with Gasteiger partial charge in [0.1, 0.15) is 0 Å². The topological polar surface area (TPSA) is 49.3 Å². The van der Waals surface area contributed by atoms with Gasteiger partial charge in [-0.15, -0.1) is 0 Å². The van der Waals surface area contributed by atoms with Gasteiger partial charge >= 0.3 is 0 Å². The predicted octanol–water partition coefficient (Wildman–Crippen LogP) is 2.67. The summed E-state index contributed by atoms with van der Waals surface area (Å²) in [6, 6.07) is 5.06. The maximum Gasteiger partial charge on any atom is 0.224 e. The standard InChI is InChI=1S/C13H17Cl2NO2/c1-8(7-17)9(2)16-13(18)6-10-3-4-11(14)12(15)5-10/h3-5,8-9,17H,6-7H2,1-2H3,(H,16,18). The lowest BCUT2D eigenvalue weighted by molar-refractivity contribution is -0.121. The number of hydrogen-bond acceptors (Lipinski definition) is 2. The molecule has 0 aliphatic carbocycles. The molecule has 2 unspecified atom stereocenters. The van der Waals surface area contributed by atoms with E-state index in [0.29, 0.717) is 10.0 Å². The first-order valence-electron chi connectivity index (χ1n) is 5.78. The molecular formula is C13H17Cl2NO2. The second kappa shape index (κ2) is 6.98. The van der Waals surface area contributed by atoms with Crippen LogP contribution in [0.2, 0.25) is 10.0 Å². The van der Waals surface area contributed by atoms with E-state index >= 15 is 0 Å². The quantitative estimate of drug-likeness (QED) is 0.876. The summed E-state index contributed by atoms with van der Waals surface area (Å²) in [6.07, 6.45) is 0.249. The molecule has 2 N–H and O–H groups in total. The predicted molar refractivity (Wildman–Crippen MR) is 74.0 cm³/mol. The lowest BCUT2D eigenvalue weighted by atomic mass is 10.0. The van der Waals surface area contributed by atoms with Gasteiger partial charge in [0.05, 0.1) is 16.5 Å². The number of hydrogen-bond donors (Lipinski definition) is 2. The molecule has 5 heteroatoms. The third kappa shape index (κ3) is 4.48. The summed E-state index contributed by atoms with van der Waals surface area (Å²) in [7, 11) is 0. The Morgan fingerprint density at radius 2 is 2.00 bits per heavy atom. The monoisotopic (exact) mass is 289 g/mol. The number of nitrogens with one attached hydrogen (secondary N) is 1. The first-order chi connectivity index (χ1) is 8.43. The molecule has 0 fully saturated rings. The fourth-order valence-corrected chi connectivity index (χ4v) is 1.76. The summed E-state index contributed by atoms with van der Waals surface area (Å²) in [4.78, 5) is 11.8. The van der Waals surface area contributed by atoms with Crippen LogP contribution in [0, 0.1) is 5.92 Å². The van der Waals surface area contributed by atoms with E-state index in [1.165, 1.54) is 0 Å². The molecule has 0 bridgehead atoms. The van der Waals surface area contributed by atoms with Crippen LogP contribution >= 0.6 is 23.2 Å². The summed E-state index contributed by atoms with van der Waals surface area (Å²) in [5.74, 6) is -0.0658. The maximum absolute atomic E-state index is 11.8. The number of aliphatic hydroxyl groups is 1. The summed E-state index contributed by atoms with van der Waals surface area (Å²) >= 11 is 11.7. The van der Waals surface area contributed by atoms with Gasteiger partial charge in [-0.2, -0.15) is 0 Å². The molecule has 1 aromatic carbocycles. The van der Waals surface area contributed by atoms with Crippen LogP contribution in [-0.2, 0) is 11.2 Å². The zero-order valence-electron chi connectivity index (χ0n) is 10.4. The lowest BCUT2D eigenvalue weighted by Crippen LogP contribution is -2.39. The van der Waals surface area contributed by atoms with E-state index < -0.39 is 0 Å². The molecule has 18 heavy (non-hydrogen) atoms. The molecule has 0 aliphatic rings. The summed E-state index contributed by atoms with van der Waals surface area (Å²) in [5.41, 5.74) is 0.811. The van der Waals surface area contributed by atoms with Crippen molar-refractivity contribution in [1.29, 1.82) is 0 Å². The number of aliphatic hydroxyl groups excluding tert-OH is 1. The van der Waals surface area contributed by atoms with E-state index in [4.69, 9.17) is 28.3 Å². The van der Waals surface area contributed by atoms with Crippen LogP contribution in [0.15, 0.2) is 18.2 Å². The van der Waals surface area contributed by atoms with Gasteiger partial charge in [-0.05, 0) is 30.5 Å². The third-order valence-electron chi connectivity index (χ3n) is 2.88. The molecule has 0 saturated heterocycles. The van der Waals surface area contributed by atoms with Crippen LogP contribution in [0.1, 0.15) is 19.4 Å². The van der Waals surface area contributed by atoms with E-state index in [0.717, 1.165) is 5.56 Å². The number of halogens is 2. The molecule has 0 saturated carbocycles. The van der Waals surface area contributed by atoms with Crippen molar-refractivity contribution in [1.82, 2.24) is 5.32 Å².